The predicted molar refractivity (Wildman–Crippen MR) is 75.4 cm³/mol. The second-order valence-corrected chi connectivity index (χ2v) is 4.81. The van der Waals surface area contributed by atoms with Crippen molar-refractivity contribution < 1.29 is 4.74 Å². The fraction of sp³-hybridized carbons (Fsp3) is 0.400. The van der Waals surface area contributed by atoms with Crippen LogP contribution in [0.5, 0.6) is 5.75 Å². The summed E-state index contributed by atoms with van der Waals surface area (Å²) in [5.41, 5.74) is 2.27. The summed E-state index contributed by atoms with van der Waals surface area (Å²) < 4.78 is 7.89. The molecule has 0 spiro atoms. The third-order valence-electron chi connectivity index (χ3n) is 3.33. The SMILES string of the molecule is CCOc1ccccc1NCc1cncn1C1CC1. The van der Waals surface area contributed by atoms with E-state index in [4.69, 9.17) is 4.74 Å². The van der Waals surface area contributed by atoms with Gasteiger partial charge in [-0.2, -0.15) is 0 Å². The first-order chi connectivity index (χ1) is 9.38. The van der Waals surface area contributed by atoms with Crippen LogP contribution in [0.2, 0.25) is 0 Å². The number of para-hydroxylation sites is 2. The molecule has 0 aliphatic heterocycles. The highest BCUT2D eigenvalue weighted by Crippen LogP contribution is 2.35. The molecule has 1 heterocycles. The molecule has 0 atom stereocenters. The summed E-state index contributed by atoms with van der Waals surface area (Å²) in [4.78, 5) is 4.25. The Kier molecular flexibility index (Phi) is 3.40. The molecule has 1 aliphatic carbocycles. The molecule has 4 nitrogen and oxygen atoms in total. The minimum atomic E-state index is 0.668. The third-order valence-corrected chi connectivity index (χ3v) is 3.33. The van der Waals surface area contributed by atoms with Crippen molar-refractivity contribution in [1.29, 1.82) is 0 Å². The first-order valence-electron chi connectivity index (χ1n) is 6.85. The molecule has 0 radical (unpaired) electrons. The van der Waals surface area contributed by atoms with Gasteiger partial charge in [-0.1, -0.05) is 12.1 Å². The fourth-order valence-electron chi connectivity index (χ4n) is 2.23. The van der Waals surface area contributed by atoms with Crippen molar-refractivity contribution in [1.82, 2.24) is 9.55 Å². The molecule has 19 heavy (non-hydrogen) atoms. The van der Waals surface area contributed by atoms with Gasteiger partial charge in [0.2, 0.25) is 0 Å². The summed E-state index contributed by atoms with van der Waals surface area (Å²) in [6, 6.07) is 8.71. The lowest BCUT2D eigenvalue weighted by molar-refractivity contribution is 0.341. The van der Waals surface area contributed by atoms with Gasteiger partial charge in [0, 0.05) is 12.2 Å². The van der Waals surface area contributed by atoms with Crippen molar-refractivity contribution >= 4 is 5.69 Å². The second kappa shape index (κ2) is 5.34. The van der Waals surface area contributed by atoms with E-state index in [1.165, 1.54) is 18.5 Å². The molecule has 3 rings (SSSR count). The summed E-state index contributed by atoms with van der Waals surface area (Å²) in [6.07, 6.45) is 6.43. The van der Waals surface area contributed by atoms with Crippen LogP contribution in [0.4, 0.5) is 5.69 Å². The van der Waals surface area contributed by atoms with Gasteiger partial charge in [0.1, 0.15) is 5.75 Å². The average Bonchev–Trinajstić information content (AvgIpc) is 3.17. The van der Waals surface area contributed by atoms with Gasteiger partial charge in [-0.3, -0.25) is 0 Å². The van der Waals surface area contributed by atoms with Gasteiger partial charge >= 0.3 is 0 Å². The molecule has 1 saturated carbocycles. The zero-order valence-corrected chi connectivity index (χ0v) is 11.2. The zero-order chi connectivity index (χ0) is 13.1. The normalized spacial score (nSPS) is 14.4. The lowest BCUT2D eigenvalue weighted by Gasteiger charge is -2.13. The Bertz CT molecular complexity index is 546. The van der Waals surface area contributed by atoms with Gasteiger partial charge in [0.25, 0.3) is 0 Å². The highest BCUT2D eigenvalue weighted by molar-refractivity contribution is 5.56. The number of nitrogens with one attached hydrogen (secondary N) is 1. The van der Waals surface area contributed by atoms with Crippen LogP contribution in [0.25, 0.3) is 0 Å². The van der Waals surface area contributed by atoms with Crippen LogP contribution >= 0.6 is 0 Å². The Balaban J connectivity index is 1.70. The van der Waals surface area contributed by atoms with Crippen LogP contribution in [0.1, 0.15) is 31.5 Å². The molecule has 100 valence electrons. The van der Waals surface area contributed by atoms with E-state index in [-0.39, 0.29) is 0 Å². The number of nitrogens with zero attached hydrogens (tertiary/aromatic N) is 2. The number of aromatic nitrogens is 2. The first-order valence-corrected chi connectivity index (χ1v) is 6.85. The molecule has 2 aromatic rings. The maximum absolute atomic E-state index is 5.61. The Morgan fingerprint density at radius 2 is 2.21 bits per heavy atom. The van der Waals surface area contributed by atoms with Gasteiger partial charge in [0.15, 0.2) is 0 Å². The predicted octanol–water partition coefficient (Wildman–Crippen LogP) is 3.23. The number of benzene rings is 1. The number of anilines is 1. The van der Waals surface area contributed by atoms with Crippen molar-refractivity contribution in [3.63, 3.8) is 0 Å². The van der Waals surface area contributed by atoms with Crippen LogP contribution < -0.4 is 10.1 Å². The maximum Gasteiger partial charge on any atom is 0.142 e. The van der Waals surface area contributed by atoms with Gasteiger partial charge < -0.3 is 14.6 Å². The molecule has 1 N–H and O–H groups in total. The number of ether oxygens (including phenoxy) is 1. The van der Waals surface area contributed by atoms with Gasteiger partial charge in [-0.25, -0.2) is 4.98 Å². The lowest BCUT2D eigenvalue weighted by Crippen LogP contribution is -2.07. The maximum atomic E-state index is 5.61. The van der Waals surface area contributed by atoms with E-state index in [0.29, 0.717) is 12.6 Å². The van der Waals surface area contributed by atoms with E-state index in [0.717, 1.165) is 18.0 Å². The summed E-state index contributed by atoms with van der Waals surface area (Å²) in [5, 5.41) is 3.44. The molecule has 0 amide bonds. The monoisotopic (exact) mass is 257 g/mol. The van der Waals surface area contributed by atoms with E-state index in [1.807, 2.05) is 43.7 Å². The quantitative estimate of drug-likeness (QED) is 0.863. The van der Waals surface area contributed by atoms with Crippen LogP contribution in [0.15, 0.2) is 36.8 Å². The average molecular weight is 257 g/mol. The Labute approximate surface area is 113 Å². The van der Waals surface area contributed by atoms with Crippen LogP contribution in [0.3, 0.4) is 0 Å². The van der Waals surface area contributed by atoms with E-state index >= 15 is 0 Å². The number of imidazole rings is 1. The zero-order valence-electron chi connectivity index (χ0n) is 11.2. The standard InChI is InChI=1S/C15H19N3O/c1-2-19-15-6-4-3-5-14(15)17-10-13-9-16-11-18(13)12-7-8-12/h3-6,9,11-12,17H,2,7-8,10H2,1H3. The number of hydrogen-bond acceptors (Lipinski definition) is 3. The summed E-state index contributed by atoms with van der Waals surface area (Å²) in [6.45, 7) is 3.46. The van der Waals surface area contributed by atoms with Crippen molar-refractivity contribution in [2.45, 2.75) is 32.4 Å². The molecule has 1 aromatic heterocycles. The van der Waals surface area contributed by atoms with E-state index in [2.05, 4.69) is 14.9 Å². The van der Waals surface area contributed by atoms with E-state index < -0.39 is 0 Å². The van der Waals surface area contributed by atoms with Crippen molar-refractivity contribution in [2.75, 3.05) is 11.9 Å². The van der Waals surface area contributed by atoms with Crippen LogP contribution in [-0.2, 0) is 6.54 Å². The molecule has 1 fully saturated rings. The molecule has 1 aliphatic rings. The first kappa shape index (κ1) is 12.1. The smallest absolute Gasteiger partial charge is 0.142 e. The number of rotatable bonds is 6. The molecule has 1 aromatic carbocycles. The Morgan fingerprint density at radius 1 is 1.37 bits per heavy atom. The summed E-state index contributed by atoms with van der Waals surface area (Å²) >= 11 is 0. The number of hydrogen-bond donors (Lipinski definition) is 1. The molecule has 4 heteroatoms. The molecular weight excluding hydrogens is 238 g/mol. The fourth-order valence-corrected chi connectivity index (χ4v) is 2.23. The van der Waals surface area contributed by atoms with Crippen molar-refractivity contribution in [2.24, 2.45) is 0 Å². The summed E-state index contributed by atoms with van der Waals surface area (Å²) in [7, 11) is 0. The van der Waals surface area contributed by atoms with Gasteiger partial charge in [0.05, 0.1) is 30.9 Å². The molecule has 0 bridgehead atoms. The highest BCUT2D eigenvalue weighted by Gasteiger charge is 2.24. The second-order valence-electron chi connectivity index (χ2n) is 4.81. The Hall–Kier alpha value is -1.97. The highest BCUT2D eigenvalue weighted by atomic mass is 16.5. The molecule has 0 saturated heterocycles. The van der Waals surface area contributed by atoms with Crippen LogP contribution in [0, 0.1) is 0 Å². The van der Waals surface area contributed by atoms with Crippen molar-refractivity contribution in [3.8, 4) is 5.75 Å². The lowest BCUT2D eigenvalue weighted by atomic mass is 10.3. The van der Waals surface area contributed by atoms with E-state index in [9.17, 15) is 0 Å². The summed E-state index contributed by atoms with van der Waals surface area (Å²) in [5.74, 6) is 0.905. The minimum absolute atomic E-state index is 0.668. The Morgan fingerprint density at radius 3 is 3.00 bits per heavy atom. The van der Waals surface area contributed by atoms with Crippen molar-refractivity contribution in [3.05, 3.63) is 42.5 Å². The van der Waals surface area contributed by atoms with Gasteiger partial charge in [-0.05, 0) is 31.9 Å². The minimum Gasteiger partial charge on any atom is -0.492 e. The van der Waals surface area contributed by atoms with Crippen LogP contribution in [-0.4, -0.2) is 16.2 Å². The largest absolute Gasteiger partial charge is 0.492 e. The topological polar surface area (TPSA) is 39.1 Å². The third kappa shape index (κ3) is 2.72. The van der Waals surface area contributed by atoms with Gasteiger partial charge in [-0.15, -0.1) is 0 Å². The molecular formula is C15H19N3O. The molecule has 0 unspecified atom stereocenters. The van der Waals surface area contributed by atoms with E-state index in [1.54, 1.807) is 0 Å².